The molecule has 2 nitrogen and oxygen atoms in total. The van der Waals surface area contributed by atoms with Gasteiger partial charge < -0.3 is 5.32 Å². The first-order valence-electron chi connectivity index (χ1n) is 6.16. The van der Waals surface area contributed by atoms with Gasteiger partial charge in [-0.05, 0) is 55.5 Å². The zero-order chi connectivity index (χ0) is 12.3. The third-order valence-electron chi connectivity index (χ3n) is 3.29. The first-order valence-corrected chi connectivity index (χ1v) is 6.16. The molecule has 0 bridgehead atoms. The first-order chi connectivity index (χ1) is 8.26. The zero-order valence-corrected chi connectivity index (χ0v) is 10.0. The van der Waals surface area contributed by atoms with Crippen LogP contribution in [0.1, 0.15) is 36.8 Å². The number of nitrogens with one attached hydrogen (secondary N) is 1. The molecular formula is C14H17FN2. The minimum atomic E-state index is -0.419. The third-order valence-corrected chi connectivity index (χ3v) is 3.29. The topological polar surface area (TPSA) is 35.8 Å². The SMILES string of the molecule is CCCNCC1CC1c1ccc(F)c(C#N)c1. The highest BCUT2D eigenvalue weighted by Gasteiger charge is 2.37. The van der Waals surface area contributed by atoms with Gasteiger partial charge in [-0.1, -0.05) is 13.0 Å². The number of hydrogen-bond donors (Lipinski definition) is 1. The monoisotopic (exact) mass is 232 g/mol. The molecule has 90 valence electrons. The van der Waals surface area contributed by atoms with Crippen LogP contribution in [-0.4, -0.2) is 13.1 Å². The van der Waals surface area contributed by atoms with Crippen LogP contribution in [0.25, 0.3) is 0 Å². The van der Waals surface area contributed by atoms with E-state index >= 15 is 0 Å². The number of halogens is 1. The predicted molar refractivity (Wildman–Crippen MR) is 65.1 cm³/mol. The van der Waals surface area contributed by atoms with Crippen molar-refractivity contribution in [3.05, 3.63) is 35.1 Å². The molecule has 1 fully saturated rings. The molecule has 0 heterocycles. The highest BCUT2D eigenvalue weighted by molar-refractivity contribution is 5.38. The maximum atomic E-state index is 13.2. The predicted octanol–water partition coefficient (Wildman–Crippen LogP) is 2.80. The van der Waals surface area contributed by atoms with Crippen LogP contribution in [0.4, 0.5) is 4.39 Å². The van der Waals surface area contributed by atoms with E-state index in [4.69, 9.17) is 5.26 Å². The van der Waals surface area contributed by atoms with Crippen molar-refractivity contribution >= 4 is 0 Å². The maximum Gasteiger partial charge on any atom is 0.140 e. The van der Waals surface area contributed by atoms with Crippen molar-refractivity contribution in [3.8, 4) is 6.07 Å². The molecule has 0 aromatic heterocycles. The maximum absolute atomic E-state index is 13.2. The summed E-state index contributed by atoms with van der Waals surface area (Å²) in [5.41, 5.74) is 1.26. The molecule has 1 saturated carbocycles. The Hall–Kier alpha value is -1.40. The molecule has 2 unspecified atom stereocenters. The lowest BCUT2D eigenvalue weighted by Crippen LogP contribution is -2.17. The van der Waals surface area contributed by atoms with Crippen LogP contribution >= 0.6 is 0 Å². The van der Waals surface area contributed by atoms with Crippen LogP contribution in [0.3, 0.4) is 0 Å². The van der Waals surface area contributed by atoms with Crippen molar-refractivity contribution in [1.82, 2.24) is 5.32 Å². The van der Waals surface area contributed by atoms with Gasteiger partial charge in [-0.15, -0.1) is 0 Å². The van der Waals surface area contributed by atoms with E-state index in [1.54, 1.807) is 12.1 Å². The van der Waals surface area contributed by atoms with Crippen molar-refractivity contribution in [1.29, 1.82) is 5.26 Å². The molecule has 1 aliphatic carbocycles. The molecular weight excluding hydrogens is 215 g/mol. The fourth-order valence-corrected chi connectivity index (χ4v) is 2.20. The smallest absolute Gasteiger partial charge is 0.140 e. The van der Waals surface area contributed by atoms with Gasteiger partial charge in [0.1, 0.15) is 11.9 Å². The normalized spacial score (nSPS) is 22.2. The van der Waals surface area contributed by atoms with E-state index in [1.165, 1.54) is 6.07 Å². The van der Waals surface area contributed by atoms with Gasteiger partial charge in [0.2, 0.25) is 0 Å². The summed E-state index contributed by atoms with van der Waals surface area (Å²) in [6, 6.07) is 6.80. The second-order valence-electron chi connectivity index (χ2n) is 4.66. The highest BCUT2D eigenvalue weighted by atomic mass is 19.1. The Labute approximate surface area is 101 Å². The lowest BCUT2D eigenvalue weighted by Gasteiger charge is -2.03. The molecule has 2 rings (SSSR count). The summed E-state index contributed by atoms with van der Waals surface area (Å²) in [5, 5.41) is 12.2. The molecule has 0 saturated heterocycles. The Bertz CT molecular complexity index is 436. The number of nitrogens with zero attached hydrogens (tertiary/aromatic N) is 1. The van der Waals surface area contributed by atoms with Crippen LogP contribution < -0.4 is 5.32 Å². The molecule has 3 heteroatoms. The molecule has 1 N–H and O–H groups in total. The first kappa shape index (κ1) is 12.1. The summed E-state index contributed by atoms with van der Waals surface area (Å²) in [6.45, 7) is 4.23. The average molecular weight is 232 g/mol. The van der Waals surface area contributed by atoms with E-state index in [2.05, 4.69) is 12.2 Å². The molecule has 2 atom stereocenters. The van der Waals surface area contributed by atoms with Gasteiger partial charge in [-0.3, -0.25) is 0 Å². The lowest BCUT2D eigenvalue weighted by molar-refractivity contribution is 0.615. The quantitative estimate of drug-likeness (QED) is 0.792. The molecule has 17 heavy (non-hydrogen) atoms. The van der Waals surface area contributed by atoms with Gasteiger partial charge in [0.25, 0.3) is 0 Å². The van der Waals surface area contributed by atoms with Gasteiger partial charge in [0.05, 0.1) is 5.56 Å². The number of benzene rings is 1. The van der Waals surface area contributed by atoms with Gasteiger partial charge in [-0.25, -0.2) is 4.39 Å². The standard InChI is InChI=1S/C14H17FN2/c1-2-5-17-9-12-7-13(12)10-3-4-14(15)11(6-10)8-16/h3-4,6,12-13,17H,2,5,7,9H2,1H3. The molecule has 0 aliphatic heterocycles. The fourth-order valence-electron chi connectivity index (χ4n) is 2.20. The van der Waals surface area contributed by atoms with Crippen molar-refractivity contribution < 1.29 is 4.39 Å². The van der Waals surface area contributed by atoms with E-state index in [9.17, 15) is 4.39 Å². The van der Waals surface area contributed by atoms with Gasteiger partial charge in [0.15, 0.2) is 0 Å². The summed E-state index contributed by atoms with van der Waals surface area (Å²) in [7, 11) is 0. The van der Waals surface area contributed by atoms with E-state index < -0.39 is 5.82 Å². The molecule has 1 aliphatic rings. The number of rotatable bonds is 5. The molecule has 0 spiro atoms. The summed E-state index contributed by atoms with van der Waals surface area (Å²) < 4.78 is 13.2. The van der Waals surface area contributed by atoms with Gasteiger partial charge in [-0.2, -0.15) is 5.26 Å². The summed E-state index contributed by atoms with van der Waals surface area (Å²) >= 11 is 0. The van der Waals surface area contributed by atoms with Crippen LogP contribution in [0.5, 0.6) is 0 Å². The Morgan fingerprint density at radius 1 is 1.53 bits per heavy atom. The lowest BCUT2D eigenvalue weighted by atomic mass is 10.1. The van der Waals surface area contributed by atoms with E-state index in [1.807, 2.05) is 6.07 Å². The molecule has 0 radical (unpaired) electrons. The Kier molecular flexibility index (Phi) is 3.75. The Morgan fingerprint density at radius 3 is 3.06 bits per heavy atom. The van der Waals surface area contributed by atoms with Gasteiger partial charge >= 0.3 is 0 Å². The minimum Gasteiger partial charge on any atom is -0.316 e. The minimum absolute atomic E-state index is 0.162. The fraction of sp³-hybridized carbons (Fsp3) is 0.500. The largest absolute Gasteiger partial charge is 0.316 e. The van der Waals surface area contributed by atoms with E-state index in [-0.39, 0.29) is 5.56 Å². The number of hydrogen-bond acceptors (Lipinski definition) is 2. The van der Waals surface area contributed by atoms with E-state index in [0.717, 1.165) is 31.5 Å². The van der Waals surface area contributed by atoms with Crippen LogP contribution in [0.15, 0.2) is 18.2 Å². The second kappa shape index (κ2) is 5.29. The summed E-state index contributed by atoms with van der Waals surface area (Å²) in [4.78, 5) is 0. The Balaban J connectivity index is 1.95. The van der Waals surface area contributed by atoms with Crippen molar-refractivity contribution in [3.63, 3.8) is 0 Å². The number of nitriles is 1. The molecule has 0 amide bonds. The molecule has 1 aromatic rings. The van der Waals surface area contributed by atoms with Crippen molar-refractivity contribution in [2.45, 2.75) is 25.7 Å². The van der Waals surface area contributed by atoms with E-state index in [0.29, 0.717) is 11.8 Å². The second-order valence-corrected chi connectivity index (χ2v) is 4.66. The zero-order valence-electron chi connectivity index (χ0n) is 10.0. The van der Waals surface area contributed by atoms with Crippen molar-refractivity contribution in [2.75, 3.05) is 13.1 Å². The summed E-state index contributed by atoms with van der Waals surface area (Å²) in [6.07, 6.45) is 2.29. The van der Waals surface area contributed by atoms with Crippen molar-refractivity contribution in [2.24, 2.45) is 5.92 Å². The Morgan fingerprint density at radius 2 is 2.35 bits per heavy atom. The van der Waals surface area contributed by atoms with Gasteiger partial charge in [0, 0.05) is 0 Å². The summed E-state index contributed by atoms with van der Waals surface area (Å²) in [5.74, 6) is 0.739. The van der Waals surface area contributed by atoms with Crippen LogP contribution in [0, 0.1) is 23.1 Å². The van der Waals surface area contributed by atoms with Crippen LogP contribution in [0.2, 0.25) is 0 Å². The average Bonchev–Trinajstić information content (AvgIpc) is 3.10. The van der Waals surface area contributed by atoms with Crippen LogP contribution in [-0.2, 0) is 0 Å². The highest BCUT2D eigenvalue weighted by Crippen LogP contribution is 2.47. The third kappa shape index (κ3) is 2.83. The molecule has 1 aromatic carbocycles.